The van der Waals surface area contributed by atoms with E-state index >= 15 is 0 Å². The van der Waals surface area contributed by atoms with Gasteiger partial charge in [-0.3, -0.25) is 14.5 Å². The molecule has 0 aliphatic carbocycles. The number of fused-ring (bicyclic) bond motifs is 1. The number of likely N-dealkylation sites (N-methyl/N-ethyl adjacent to an activating group) is 1. The summed E-state index contributed by atoms with van der Waals surface area (Å²) in [7, 11) is 3.47. The average Bonchev–Trinajstić information content (AvgIpc) is 2.96. The number of hydrogen-bond donors (Lipinski definition) is 1. The highest BCUT2D eigenvalue weighted by Crippen LogP contribution is 2.33. The summed E-state index contributed by atoms with van der Waals surface area (Å²) in [5.74, 6) is -0.513. The van der Waals surface area contributed by atoms with Gasteiger partial charge in [-0.2, -0.15) is 0 Å². The third-order valence-corrected chi connectivity index (χ3v) is 4.01. The molecule has 1 aromatic carbocycles. The molecule has 114 valence electrons. The van der Waals surface area contributed by atoms with E-state index in [4.69, 9.17) is 0 Å². The van der Waals surface area contributed by atoms with Crippen molar-refractivity contribution in [1.82, 2.24) is 14.8 Å². The molecule has 2 heterocycles. The topological polar surface area (TPSA) is 54.3 Å². The maximum atomic E-state index is 12.5. The lowest BCUT2D eigenvalue weighted by molar-refractivity contribution is -0.135. The molecule has 3 rings (SSSR count). The fourth-order valence-corrected chi connectivity index (χ4v) is 2.85. The van der Waals surface area contributed by atoms with Crippen LogP contribution in [0.1, 0.15) is 18.9 Å². The zero-order valence-electron chi connectivity index (χ0n) is 13.0. The Morgan fingerprint density at radius 3 is 2.55 bits per heavy atom. The number of nitrogens with zero attached hydrogens (tertiary/aromatic N) is 2. The summed E-state index contributed by atoms with van der Waals surface area (Å²) in [5.41, 5.74) is 2.72. The van der Waals surface area contributed by atoms with Gasteiger partial charge in [0.25, 0.3) is 11.8 Å². The third-order valence-electron chi connectivity index (χ3n) is 4.01. The number of aromatic nitrogens is 1. The van der Waals surface area contributed by atoms with Crippen LogP contribution in [0, 0.1) is 0 Å². The van der Waals surface area contributed by atoms with E-state index in [9.17, 15) is 9.59 Å². The van der Waals surface area contributed by atoms with Crippen LogP contribution in [-0.4, -0.2) is 34.9 Å². The lowest BCUT2D eigenvalue weighted by Gasteiger charge is -2.07. The molecule has 0 atom stereocenters. The molecule has 2 aromatic rings. The molecule has 0 radical (unpaired) electrons. The van der Waals surface area contributed by atoms with Crippen molar-refractivity contribution in [3.8, 4) is 0 Å². The first-order valence-corrected chi connectivity index (χ1v) is 7.41. The van der Waals surface area contributed by atoms with E-state index in [0.717, 1.165) is 22.9 Å². The van der Waals surface area contributed by atoms with Crippen molar-refractivity contribution in [3.63, 3.8) is 0 Å². The molecule has 1 aliphatic rings. The van der Waals surface area contributed by atoms with Crippen molar-refractivity contribution in [1.29, 1.82) is 0 Å². The largest absolute Gasteiger partial charge is 0.380 e. The van der Waals surface area contributed by atoms with E-state index in [2.05, 4.69) is 5.32 Å². The van der Waals surface area contributed by atoms with Gasteiger partial charge in [0.05, 0.1) is 5.57 Å². The SMILES string of the molecule is CCCNC1=C(c2cn(C)c3ccccc23)C(=O)N(C)C1=O. The van der Waals surface area contributed by atoms with Gasteiger partial charge in [-0.25, -0.2) is 0 Å². The minimum absolute atomic E-state index is 0.250. The van der Waals surface area contributed by atoms with Crippen LogP contribution in [0.25, 0.3) is 16.5 Å². The molecule has 1 aromatic heterocycles. The molecule has 0 unspecified atom stereocenters. The molecule has 0 spiro atoms. The average molecular weight is 297 g/mol. The summed E-state index contributed by atoms with van der Waals surface area (Å²) in [5, 5.41) is 4.10. The van der Waals surface area contributed by atoms with Crippen molar-refractivity contribution >= 4 is 28.3 Å². The maximum absolute atomic E-state index is 12.5. The summed E-state index contributed by atoms with van der Waals surface area (Å²) < 4.78 is 1.98. The number of carbonyl (C=O) groups is 2. The van der Waals surface area contributed by atoms with Gasteiger partial charge in [0.15, 0.2) is 0 Å². The molecule has 0 saturated heterocycles. The fraction of sp³-hybridized carbons (Fsp3) is 0.294. The highest BCUT2D eigenvalue weighted by atomic mass is 16.2. The Bertz CT molecular complexity index is 801. The zero-order chi connectivity index (χ0) is 15.9. The van der Waals surface area contributed by atoms with Crippen molar-refractivity contribution < 1.29 is 9.59 Å². The van der Waals surface area contributed by atoms with Gasteiger partial charge in [-0.15, -0.1) is 0 Å². The Balaban J connectivity index is 2.23. The Kier molecular flexibility index (Phi) is 3.48. The molecule has 5 heteroatoms. The quantitative estimate of drug-likeness (QED) is 0.877. The lowest BCUT2D eigenvalue weighted by Crippen LogP contribution is -2.30. The number of imide groups is 1. The summed E-state index contributed by atoms with van der Waals surface area (Å²) >= 11 is 0. The van der Waals surface area contributed by atoms with E-state index in [-0.39, 0.29) is 11.8 Å². The Morgan fingerprint density at radius 1 is 1.09 bits per heavy atom. The number of hydrogen-bond acceptors (Lipinski definition) is 3. The van der Waals surface area contributed by atoms with Gasteiger partial charge < -0.3 is 9.88 Å². The zero-order valence-corrected chi connectivity index (χ0v) is 13.0. The first-order chi connectivity index (χ1) is 10.6. The molecule has 22 heavy (non-hydrogen) atoms. The van der Waals surface area contributed by atoms with Gasteiger partial charge in [0.1, 0.15) is 5.70 Å². The first-order valence-electron chi connectivity index (χ1n) is 7.41. The van der Waals surface area contributed by atoms with Crippen LogP contribution in [0.15, 0.2) is 36.2 Å². The predicted octanol–water partition coefficient (Wildman–Crippen LogP) is 1.89. The molecular weight excluding hydrogens is 278 g/mol. The smallest absolute Gasteiger partial charge is 0.277 e. The number of nitrogens with one attached hydrogen (secondary N) is 1. The van der Waals surface area contributed by atoms with Crippen LogP contribution in [0.4, 0.5) is 0 Å². The van der Waals surface area contributed by atoms with Crippen LogP contribution in [-0.2, 0) is 16.6 Å². The van der Waals surface area contributed by atoms with E-state index in [1.165, 1.54) is 11.9 Å². The number of rotatable bonds is 4. The second-order valence-electron chi connectivity index (χ2n) is 5.52. The minimum atomic E-state index is -0.263. The Labute approximate surface area is 129 Å². The van der Waals surface area contributed by atoms with E-state index in [1.54, 1.807) is 0 Å². The van der Waals surface area contributed by atoms with Crippen molar-refractivity contribution in [2.75, 3.05) is 13.6 Å². The van der Waals surface area contributed by atoms with Crippen LogP contribution in [0.2, 0.25) is 0 Å². The minimum Gasteiger partial charge on any atom is -0.380 e. The first kappa shape index (κ1) is 14.4. The second-order valence-corrected chi connectivity index (χ2v) is 5.52. The van der Waals surface area contributed by atoms with Crippen LogP contribution in [0.5, 0.6) is 0 Å². The molecule has 1 N–H and O–H groups in total. The van der Waals surface area contributed by atoms with Crippen LogP contribution < -0.4 is 5.32 Å². The Hall–Kier alpha value is -2.56. The highest BCUT2D eigenvalue weighted by molar-refractivity contribution is 6.36. The number of benzene rings is 1. The normalized spacial score (nSPS) is 15.3. The molecular formula is C17H19N3O2. The standard InChI is InChI=1S/C17H19N3O2/c1-4-9-18-15-14(16(21)20(3)17(15)22)12-10-19(2)13-8-6-5-7-11(12)13/h5-8,10,18H,4,9H2,1-3H3. The number of aryl methyl sites for hydroxylation is 1. The predicted molar refractivity (Wildman–Crippen MR) is 85.9 cm³/mol. The molecule has 0 fully saturated rings. The van der Waals surface area contributed by atoms with E-state index in [0.29, 0.717) is 17.8 Å². The van der Waals surface area contributed by atoms with Crippen LogP contribution in [0.3, 0.4) is 0 Å². The van der Waals surface area contributed by atoms with Crippen molar-refractivity contribution in [2.24, 2.45) is 7.05 Å². The molecule has 0 bridgehead atoms. The number of para-hydroxylation sites is 1. The van der Waals surface area contributed by atoms with Gasteiger partial charge in [0.2, 0.25) is 0 Å². The van der Waals surface area contributed by atoms with Gasteiger partial charge in [0, 0.05) is 43.3 Å². The van der Waals surface area contributed by atoms with Crippen molar-refractivity contribution in [3.05, 3.63) is 41.7 Å². The lowest BCUT2D eigenvalue weighted by atomic mass is 10.0. The summed E-state index contributed by atoms with van der Waals surface area (Å²) in [4.78, 5) is 26.0. The van der Waals surface area contributed by atoms with E-state index < -0.39 is 0 Å². The highest BCUT2D eigenvalue weighted by Gasteiger charge is 2.37. The van der Waals surface area contributed by atoms with Gasteiger partial charge in [-0.1, -0.05) is 25.1 Å². The van der Waals surface area contributed by atoms with E-state index in [1.807, 2.05) is 49.0 Å². The fourth-order valence-electron chi connectivity index (χ4n) is 2.85. The number of carbonyl (C=O) groups excluding carboxylic acids is 2. The number of amides is 2. The third kappa shape index (κ3) is 2.01. The summed E-state index contributed by atoms with van der Waals surface area (Å²) in [6.45, 7) is 2.69. The van der Waals surface area contributed by atoms with Gasteiger partial charge in [-0.05, 0) is 12.5 Å². The summed E-state index contributed by atoms with van der Waals surface area (Å²) in [6.07, 6.45) is 2.80. The van der Waals surface area contributed by atoms with Crippen LogP contribution >= 0.6 is 0 Å². The molecule has 5 nitrogen and oxygen atoms in total. The monoisotopic (exact) mass is 297 g/mol. The second kappa shape index (κ2) is 5.33. The molecule has 2 amide bonds. The van der Waals surface area contributed by atoms with Gasteiger partial charge >= 0.3 is 0 Å². The maximum Gasteiger partial charge on any atom is 0.277 e. The molecule has 0 saturated carbocycles. The van der Waals surface area contributed by atoms with Crippen molar-refractivity contribution in [2.45, 2.75) is 13.3 Å². The molecule has 1 aliphatic heterocycles. The summed E-state index contributed by atoms with van der Waals surface area (Å²) in [6, 6.07) is 7.88. The Morgan fingerprint density at radius 2 is 1.82 bits per heavy atom.